The van der Waals surface area contributed by atoms with E-state index in [1.807, 2.05) is 0 Å². The molecule has 2 aromatic rings. The third-order valence-corrected chi connectivity index (χ3v) is 4.54. The topological polar surface area (TPSA) is 98.5 Å². The maximum absolute atomic E-state index is 12.1. The lowest BCUT2D eigenvalue weighted by molar-refractivity contribution is -0.274. The fourth-order valence-corrected chi connectivity index (χ4v) is 2.82. The highest BCUT2D eigenvalue weighted by Gasteiger charge is 2.31. The van der Waals surface area contributed by atoms with E-state index in [-0.39, 0.29) is 11.4 Å². The zero-order valence-electron chi connectivity index (χ0n) is 13.6. The van der Waals surface area contributed by atoms with Crippen molar-refractivity contribution in [3.63, 3.8) is 0 Å². The molecule has 0 aromatic heterocycles. The number of halogens is 3. The summed E-state index contributed by atoms with van der Waals surface area (Å²) < 4.78 is 66.3. The molecule has 2 aromatic carbocycles. The Balaban J connectivity index is 1.98. The van der Waals surface area contributed by atoms with Crippen molar-refractivity contribution in [3.05, 3.63) is 59.7 Å². The number of alkyl halides is 3. The minimum absolute atomic E-state index is 0.222. The Morgan fingerprint density at radius 3 is 2.19 bits per heavy atom. The largest absolute Gasteiger partial charge is 0.573 e. The number of carbonyl (C=O) groups excluding carboxylic acids is 1. The average Bonchev–Trinajstić information content (AvgIpc) is 2.58. The molecule has 27 heavy (non-hydrogen) atoms. The predicted octanol–water partition coefficient (Wildman–Crippen LogP) is 2.01. The molecule has 0 aliphatic carbocycles. The Morgan fingerprint density at radius 2 is 1.67 bits per heavy atom. The molecule has 142 valence electrons. The number of ether oxygens (including phenoxy) is 1. The number of amides is 1. The van der Waals surface area contributed by atoms with Crippen LogP contribution in [0.2, 0.25) is 0 Å². The number of sulfonamides is 1. The van der Waals surface area contributed by atoms with Crippen LogP contribution in [0.3, 0.4) is 0 Å². The molecule has 0 radical (unpaired) electrons. The Morgan fingerprint density at radius 1 is 1.07 bits per heavy atom. The van der Waals surface area contributed by atoms with Crippen molar-refractivity contribution in [3.8, 4) is 17.6 Å². The lowest BCUT2D eigenvalue weighted by Gasteiger charge is -2.09. The van der Waals surface area contributed by atoms with Gasteiger partial charge in [-0.05, 0) is 48.5 Å². The zero-order chi connectivity index (χ0) is 20.1. The molecular formula is C17H13F3N2O4S. The summed E-state index contributed by atoms with van der Waals surface area (Å²) in [5, 5.41) is 0. The van der Waals surface area contributed by atoms with Crippen LogP contribution in [0.5, 0.6) is 5.75 Å². The zero-order valence-corrected chi connectivity index (χ0v) is 14.4. The van der Waals surface area contributed by atoms with E-state index in [2.05, 4.69) is 21.3 Å². The predicted molar refractivity (Wildman–Crippen MR) is 90.2 cm³/mol. The number of hydrogen-bond acceptors (Lipinski definition) is 4. The fourth-order valence-electron chi connectivity index (χ4n) is 1.90. The van der Waals surface area contributed by atoms with Gasteiger partial charge in [-0.25, -0.2) is 8.42 Å². The van der Waals surface area contributed by atoms with Crippen molar-refractivity contribution in [2.24, 2.45) is 5.73 Å². The van der Waals surface area contributed by atoms with Crippen LogP contribution in [0.1, 0.15) is 15.9 Å². The van der Waals surface area contributed by atoms with E-state index >= 15 is 0 Å². The smallest absolute Gasteiger partial charge is 0.406 e. The quantitative estimate of drug-likeness (QED) is 0.753. The number of nitrogens with two attached hydrogens (primary N) is 1. The van der Waals surface area contributed by atoms with Crippen LogP contribution >= 0.6 is 0 Å². The van der Waals surface area contributed by atoms with Crippen molar-refractivity contribution in [2.75, 3.05) is 6.54 Å². The first-order chi connectivity index (χ1) is 12.6. The number of primary amides is 1. The molecule has 3 N–H and O–H groups in total. The molecular weight excluding hydrogens is 385 g/mol. The molecule has 0 heterocycles. The van der Waals surface area contributed by atoms with Gasteiger partial charge in [0.2, 0.25) is 15.9 Å². The fraction of sp³-hybridized carbons (Fsp3) is 0.118. The summed E-state index contributed by atoms with van der Waals surface area (Å²) in [5.41, 5.74) is 5.98. The molecule has 10 heteroatoms. The van der Waals surface area contributed by atoms with Gasteiger partial charge in [0.15, 0.2) is 0 Å². The Hall–Kier alpha value is -3.03. The maximum Gasteiger partial charge on any atom is 0.573 e. The van der Waals surface area contributed by atoms with Gasteiger partial charge in [0.05, 0.1) is 11.4 Å². The molecule has 0 saturated carbocycles. The van der Waals surface area contributed by atoms with Crippen LogP contribution in [0.4, 0.5) is 13.2 Å². The van der Waals surface area contributed by atoms with E-state index < -0.39 is 28.0 Å². The molecule has 0 atom stereocenters. The van der Waals surface area contributed by atoms with Gasteiger partial charge < -0.3 is 10.5 Å². The first-order valence-electron chi connectivity index (χ1n) is 7.31. The van der Waals surface area contributed by atoms with Crippen molar-refractivity contribution >= 4 is 15.9 Å². The SMILES string of the molecule is NC(=O)c1ccc(C#CCNS(=O)(=O)c2ccc(OC(F)(F)F)cc2)cc1. The molecule has 0 fully saturated rings. The Bertz CT molecular complexity index is 974. The second-order valence-electron chi connectivity index (χ2n) is 5.09. The van der Waals surface area contributed by atoms with Gasteiger partial charge in [0, 0.05) is 11.1 Å². The molecule has 0 spiro atoms. The van der Waals surface area contributed by atoms with Crippen LogP contribution in [-0.2, 0) is 10.0 Å². The van der Waals surface area contributed by atoms with E-state index in [0.29, 0.717) is 11.1 Å². The number of carbonyl (C=O) groups is 1. The molecule has 2 rings (SSSR count). The summed E-state index contributed by atoms with van der Waals surface area (Å²) in [7, 11) is -3.94. The van der Waals surface area contributed by atoms with Gasteiger partial charge in [0.1, 0.15) is 5.75 Å². The van der Waals surface area contributed by atoms with Gasteiger partial charge in [-0.2, -0.15) is 4.72 Å². The highest BCUT2D eigenvalue weighted by molar-refractivity contribution is 7.89. The van der Waals surface area contributed by atoms with Crippen LogP contribution in [0.25, 0.3) is 0 Å². The summed E-state index contributed by atoms with van der Waals surface area (Å²) in [6, 6.07) is 9.85. The van der Waals surface area contributed by atoms with Gasteiger partial charge in [0.25, 0.3) is 0 Å². The van der Waals surface area contributed by atoms with Gasteiger partial charge in [-0.15, -0.1) is 13.2 Å². The second-order valence-corrected chi connectivity index (χ2v) is 6.85. The molecule has 6 nitrogen and oxygen atoms in total. The van der Waals surface area contributed by atoms with E-state index in [0.717, 1.165) is 24.3 Å². The minimum Gasteiger partial charge on any atom is -0.406 e. The first kappa shape index (κ1) is 20.3. The summed E-state index contributed by atoms with van der Waals surface area (Å²) in [4.78, 5) is 10.7. The summed E-state index contributed by atoms with van der Waals surface area (Å²) in [6.45, 7) is -0.222. The number of nitrogens with one attached hydrogen (secondary N) is 1. The van der Waals surface area contributed by atoms with Crippen molar-refractivity contribution in [1.29, 1.82) is 0 Å². The van der Waals surface area contributed by atoms with Crippen molar-refractivity contribution in [1.82, 2.24) is 4.72 Å². The molecule has 0 aliphatic heterocycles. The summed E-state index contributed by atoms with van der Waals surface area (Å²) >= 11 is 0. The number of benzene rings is 2. The van der Waals surface area contributed by atoms with Gasteiger partial charge in [-0.3, -0.25) is 4.79 Å². The first-order valence-corrected chi connectivity index (χ1v) is 8.79. The Labute approximate surface area is 153 Å². The monoisotopic (exact) mass is 398 g/mol. The van der Waals surface area contributed by atoms with Crippen LogP contribution < -0.4 is 15.2 Å². The molecule has 0 saturated heterocycles. The number of rotatable bonds is 5. The average molecular weight is 398 g/mol. The van der Waals surface area contributed by atoms with Crippen molar-refractivity contribution < 1.29 is 31.1 Å². The van der Waals surface area contributed by atoms with Crippen molar-refractivity contribution in [2.45, 2.75) is 11.3 Å². The molecule has 0 unspecified atom stereocenters. The lowest BCUT2D eigenvalue weighted by Crippen LogP contribution is -2.24. The maximum atomic E-state index is 12.1. The molecule has 0 aliphatic rings. The van der Waals surface area contributed by atoms with Gasteiger partial charge >= 0.3 is 6.36 Å². The molecule has 1 amide bonds. The number of hydrogen-bond donors (Lipinski definition) is 2. The lowest BCUT2D eigenvalue weighted by atomic mass is 10.1. The van der Waals surface area contributed by atoms with E-state index in [9.17, 15) is 26.4 Å². The van der Waals surface area contributed by atoms with Crippen LogP contribution in [0.15, 0.2) is 53.4 Å². The van der Waals surface area contributed by atoms with Crippen LogP contribution in [0, 0.1) is 11.8 Å². The normalized spacial score (nSPS) is 11.4. The van der Waals surface area contributed by atoms with E-state index in [1.165, 1.54) is 12.1 Å². The third kappa shape index (κ3) is 6.32. The van der Waals surface area contributed by atoms with Crippen LogP contribution in [-0.4, -0.2) is 27.2 Å². The highest BCUT2D eigenvalue weighted by atomic mass is 32.2. The second kappa shape index (κ2) is 8.11. The highest BCUT2D eigenvalue weighted by Crippen LogP contribution is 2.23. The standard InChI is InChI=1S/C17H13F3N2O4S/c18-17(19,20)26-14-7-9-15(10-8-14)27(24,25)22-11-1-2-12-3-5-13(6-4-12)16(21)23/h3-10,22H,11H2,(H2,21,23). The summed E-state index contributed by atoms with van der Waals surface area (Å²) in [5.74, 6) is 4.18. The Kier molecular flexibility index (Phi) is 6.09. The van der Waals surface area contributed by atoms with E-state index in [4.69, 9.17) is 5.73 Å². The third-order valence-electron chi connectivity index (χ3n) is 3.12. The summed E-state index contributed by atoms with van der Waals surface area (Å²) in [6.07, 6.45) is -4.86. The van der Waals surface area contributed by atoms with E-state index in [1.54, 1.807) is 12.1 Å². The van der Waals surface area contributed by atoms with Gasteiger partial charge in [-0.1, -0.05) is 11.8 Å². The minimum atomic E-state index is -4.86. The molecule has 0 bridgehead atoms.